The Morgan fingerprint density at radius 3 is 1.26 bits per heavy atom. The number of nitrogens with zero attached hydrogens (tertiary/aromatic N) is 5. The third-order valence-electron chi connectivity index (χ3n) is 18.4. The Labute approximate surface area is 527 Å². The van der Waals surface area contributed by atoms with Crippen molar-refractivity contribution >= 4 is 79.0 Å². The molecule has 0 saturated carbocycles. The maximum atomic E-state index is 15.1. The SMILES string of the molecule is CC(C)(C)c1cc(N2c3ccccc3B3c4ccccc4N(c4cc(C(C)(C)C)cc(C(C)(C)C)c4)c4cc(-c5ccc6c(c5)c5ccccc5n6-c5ccc(C(F)(F)F)cc5-c5nc(-c6ccccc6)cc(-c6ccccc6)n5)cc2c43)cc(C(C)(C)C)c1. The average Bonchev–Trinajstić information content (AvgIpc) is 0.748. The number of para-hydroxylation sites is 3. The quantitative estimate of drug-likeness (QED) is 0.149. The smallest absolute Gasteiger partial charge is 0.311 e. The molecule has 2 aromatic heterocycles. The van der Waals surface area contributed by atoms with E-state index < -0.39 is 11.7 Å². The van der Waals surface area contributed by atoms with Gasteiger partial charge in [0.15, 0.2) is 5.82 Å². The number of alkyl halides is 3. The van der Waals surface area contributed by atoms with Crippen LogP contribution >= 0.6 is 0 Å². The molecule has 2 aliphatic heterocycles. The molecule has 4 heterocycles. The second-order valence-corrected chi connectivity index (χ2v) is 28.7. The van der Waals surface area contributed by atoms with Crippen LogP contribution in [0.5, 0.6) is 0 Å². The van der Waals surface area contributed by atoms with Crippen LogP contribution in [-0.2, 0) is 27.8 Å². The van der Waals surface area contributed by atoms with Crippen LogP contribution in [0.15, 0.2) is 224 Å². The number of hydrogen-bond acceptors (Lipinski definition) is 4. The minimum absolute atomic E-state index is 0.0933. The Bertz CT molecular complexity index is 4550. The summed E-state index contributed by atoms with van der Waals surface area (Å²) in [5.41, 5.74) is 21.4. The average molecular weight is 1180 g/mol. The van der Waals surface area contributed by atoms with E-state index in [-0.39, 0.29) is 39.8 Å². The van der Waals surface area contributed by atoms with E-state index >= 15 is 13.2 Å². The summed E-state index contributed by atoms with van der Waals surface area (Å²) in [4.78, 5) is 15.3. The van der Waals surface area contributed by atoms with Gasteiger partial charge in [-0.1, -0.05) is 217 Å². The largest absolute Gasteiger partial charge is 0.416 e. The highest BCUT2D eigenvalue weighted by Gasteiger charge is 2.44. The lowest BCUT2D eigenvalue weighted by Gasteiger charge is -2.45. The molecule has 0 spiro atoms. The van der Waals surface area contributed by atoms with Crippen molar-refractivity contribution in [2.45, 2.75) is 111 Å². The standard InChI is InChI=1S/C81H73BF3N5/c1-77(2,3)55-42-56(78(4,5)6)45-59(44-55)88-71-33-23-20-30-64(71)82-65-31-21-24-34-72(65)89(60-46-57(79(7,8)9)43-58(47-60)80(10,11)12)74-41-53(40-73(88)75(74)82)52-35-37-69-62(39-52)61-29-19-22-32-68(61)90(69)70-38-36-54(81(83,84)85)48-63(70)76-86-66(50-25-15-13-16-26-50)49-67(87-76)51-27-17-14-18-28-51/h13-49H,1-12H3. The van der Waals surface area contributed by atoms with E-state index in [1.54, 1.807) is 6.07 Å². The van der Waals surface area contributed by atoms with Crippen LogP contribution in [-0.4, -0.2) is 21.2 Å². The zero-order valence-corrected chi connectivity index (χ0v) is 53.3. The lowest BCUT2D eigenvalue weighted by Crippen LogP contribution is -2.61. The first-order valence-electron chi connectivity index (χ1n) is 31.3. The first kappa shape index (κ1) is 58.2. The van der Waals surface area contributed by atoms with Crippen LogP contribution in [0.25, 0.3) is 72.5 Å². The zero-order valence-electron chi connectivity index (χ0n) is 53.3. The maximum absolute atomic E-state index is 15.1. The molecular formula is C81H73BF3N5. The molecule has 12 aromatic rings. The number of hydrogen-bond donors (Lipinski definition) is 0. The van der Waals surface area contributed by atoms with Crippen molar-refractivity contribution in [1.82, 2.24) is 14.5 Å². The summed E-state index contributed by atoms with van der Waals surface area (Å²) in [6, 6.07) is 77.4. The molecule has 0 saturated heterocycles. The van der Waals surface area contributed by atoms with Crippen LogP contribution in [0.2, 0.25) is 0 Å². The van der Waals surface area contributed by atoms with E-state index in [0.29, 0.717) is 17.1 Å². The number of aromatic nitrogens is 3. The summed E-state index contributed by atoms with van der Waals surface area (Å²) in [5, 5.41) is 1.91. The molecule has 10 aromatic carbocycles. The molecule has 9 heteroatoms. The van der Waals surface area contributed by atoms with Gasteiger partial charge in [-0.3, -0.25) is 0 Å². The molecule has 5 nitrogen and oxygen atoms in total. The van der Waals surface area contributed by atoms with Gasteiger partial charge in [-0.2, -0.15) is 13.2 Å². The molecule has 0 N–H and O–H groups in total. The second-order valence-electron chi connectivity index (χ2n) is 28.7. The van der Waals surface area contributed by atoms with Crippen LogP contribution in [0.4, 0.5) is 47.3 Å². The minimum atomic E-state index is -4.64. The molecule has 0 bridgehead atoms. The maximum Gasteiger partial charge on any atom is 0.416 e. The normalized spacial score (nSPS) is 13.4. The minimum Gasteiger partial charge on any atom is -0.311 e. The molecule has 0 aliphatic carbocycles. The van der Waals surface area contributed by atoms with E-state index in [1.165, 1.54) is 50.8 Å². The fourth-order valence-electron chi connectivity index (χ4n) is 13.4. The number of benzene rings is 10. The Hall–Kier alpha value is -9.47. The van der Waals surface area contributed by atoms with Gasteiger partial charge in [-0.05, 0) is 162 Å². The number of anilines is 6. The van der Waals surface area contributed by atoms with Gasteiger partial charge in [0.05, 0.1) is 33.7 Å². The molecule has 0 unspecified atom stereocenters. The summed E-state index contributed by atoms with van der Waals surface area (Å²) in [7, 11) is 0. The molecule has 0 atom stereocenters. The first-order chi connectivity index (χ1) is 42.8. The molecule has 2 aliphatic rings. The lowest BCUT2D eigenvalue weighted by atomic mass is 9.33. The van der Waals surface area contributed by atoms with Gasteiger partial charge < -0.3 is 14.4 Å². The van der Waals surface area contributed by atoms with E-state index in [9.17, 15) is 0 Å². The second kappa shape index (κ2) is 21.1. The first-order valence-corrected chi connectivity index (χ1v) is 31.3. The Balaban J connectivity index is 1.05. The van der Waals surface area contributed by atoms with Crippen molar-refractivity contribution in [3.8, 4) is 50.7 Å². The highest BCUT2D eigenvalue weighted by atomic mass is 19.4. The Kier molecular flexibility index (Phi) is 13.6. The Morgan fingerprint density at radius 1 is 0.333 bits per heavy atom. The van der Waals surface area contributed by atoms with E-state index in [1.807, 2.05) is 78.9 Å². The van der Waals surface area contributed by atoms with Crippen LogP contribution in [0, 0.1) is 0 Å². The highest BCUT2D eigenvalue weighted by molar-refractivity contribution is 7.00. The van der Waals surface area contributed by atoms with Crippen molar-refractivity contribution in [2.75, 3.05) is 9.80 Å². The number of halogens is 3. The third-order valence-corrected chi connectivity index (χ3v) is 18.4. The predicted molar refractivity (Wildman–Crippen MR) is 372 cm³/mol. The number of rotatable bonds is 7. The predicted octanol–water partition coefficient (Wildman–Crippen LogP) is 20.5. The van der Waals surface area contributed by atoms with Crippen LogP contribution in [0.1, 0.15) is 111 Å². The fourth-order valence-corrected chi connectivity index (χ4v) is 13.4. The topological polar surface area (TPSA) is 37.2 Å². The fraction of sp³-hybridized carbons (Fsp3) is 0.210. The highest BCUT2D eigenvalue weighted by Crippen LogP contribution is 2.50. The molecule has 0 radical (unpaired) electrons. The molecule has 446 valence electrons. The summed E-state index contributed by atoms with van der Waals surface area (Å²) in [6.07, 6.45) is -4.64. The monoisotopic (exact) mass is 1180 g/mol. The summed E-state index contributed by atoms with van der Waals surface area (Å²) in [6.45, 7) is 27.6. The van der Waals surface area contributed by atoms with Crippen molar-refractivity contribution < 1.29 is 13.2 Å². The third kappa shape index (κ3) is 10.2. The van der Waals surface area contributed by atoms with Crippen molar-refractivity contribution in [3.63, 3.8) is 0 Å². The van der Waals surface area contributed by atoms with E-state index in [0.717, 1.165) is 78.2 Å². The van der Waals surface area contributed by atoms with Crippen molar-refractivity contribution in [3.05, 3.63) is 252 Å². The van der Waals surface area contributed by atoms with Gasteiger partial charge in [-0.15, -0.1) is 0 Å². The van der Waals surface area contributed by atoms with Crippen LogP contribution in [0.3, 0.4) is 0 Å². The van der Waals surface area contributed by atoms with E-state index in [4.69, 9.17) is 9.97 Å². The molecule has 90 heavy (non-hydrogen) atoms. The zero-order chi connectivity index (χ0) is 63.0. The van der Waals surface area contributed by atoms with Gasteiger partial charge in [0.1, 0.15) is 0 Å². The molecule has 14 rings (SSSR count). The van der Waals surface area contributed by atoms with Crippen molar-refractivity contribution in [2.24, 2.45) is 0 Å². The van der Waals surface area contributed by atoms with Gasteiger partial charge in [0, 0.05) is 61.6 Å². The van der Waals surface area contributed by atoms with Crippen LogP contribution < -0.4 is 26.2 Å². The lowest BCUT2D eigenvalue weighted by molar-refractivity contribution is -0.137. The van der Waals surface area contributed by atoms with Gasteiger partial charge in [0.2, 0.25) is 0 Å². The van der Waals surface area contributed by atoms with Gasteiger partial charge >= 0.3 is 6.18 Å². The van der Waals surface area contributed by atoms with Crippen molar-refractivity contribution in [1.29, 1.82) is 0 Å². The summed E-state index contributed by atoms with van der Waals surface area (Å²) in [5.74, 6) is 0.183. The Morgan fingerprint density at radius 2 is 0.778 bits per heavy atom. The molecule has 0 fully saturated rings. The summed E-state index contributed by atoms with van der Waals surface area (Å²) < 4.78 is 47.5. The van der Waals surface area contributed by atoms with Gasteiger partial charge in [0.25, 0.3) is 6.71 Å². The molecular weight excluding hydrogens is 1110 g/mol. The molecule has 0 amide bonds. The number of fused-ring (bicyclic) bond motifs is 7. The van der Waals surface area contributed by atoms with Gasteiger partial charge in [-0.25, -0.2) is 9.97 Å². The summed E-state index contributed by atoms with van der Waals surface area (Å²) >= 11 is 0. The van der Waals surface area contributed by atoms with E-state index in [2.05, 4.69) is 225 Å².